The molecule has 0 fully saturated rings. The number of rotatable bonds is 3. The molecule has 0 bridgehead atoms. The third-order valence-corrected chi connectivity index (χ3v) is 1.93. The van der Waals surface area contributed by atoms with E-state index >= 15 is 0 Å². The Morgan fingerprint density at radius 1 is 1.15 bits per heavy atom. The molecule has 0 spiro atoms. The smallest absolute Gasteiger partial charge is 0.126 e. The standard InChI is InChI=1S/C10H9BrF2/c11-4-2-1-3-8-5-9(12)7-10(13)6-8/h1,3,5-7H,2,4H2/b3-1+. The largest absolute Gasteiger partial charge is 0.207 e. The lowest BCUT2D eigenvalue weighted by atomic mass is 10.2. The fourth-order valence-corrected chi connectivity index (χ4v) is 1.22. The summed E-state index contributed by atoms with van der Waals surface area (Å²) < 4.78 is 25.3. The third kappa shape index (κ3) is 3.68. The zero-order valence-corrected chi connectivity index (χ0v) is 8.52. The number of hydrogen-bond donors (Lipinski definition) is 0. The van der Waals surface area contributed by atoms with Gasteiger partial charge in [0.25, 0.3) is 0 Å². The minimum Gasteiger partial charge on any atom is -0.207 e. The van der Waals surface area contributed by atoms with Crippen LogP contribution in [0.2, 0.25) is 0 Å². The fraction of sp³-hybridized carbons (Fsp3) is 0.200. The van der Waals surface area contributed by atoms with Crippen molar-refractivity contribution >= 4 is 22.0 Å². The van der Waals surface area contributed by atoms with Crippen LogP contribution >= 0.6 is 15.9 Å². The van der Waals surface area contributed by atoms with Crippen LogP contribution in [0.25, 0.3) is 6.08 Å². The van der Waals surface area contributed by atoms with E-state index in [1.54, 1.807) is 6.08 Å². The fourth-order valence-electron chi connectivity index (χ4n) is 0.954. The molecule has 1 aromatic carbocycles. The molecule has 0 radical (unpaired) electrons. The third-order valence-electron chi connectivity index (χ3n) is 1.47. The van der Waals surface area contributed by atoms with Crippen LogP contribution in [0.1, 0.15) is 12.0 Å². The Bertz CT molecular complexity index is 288. The molecule has 0 saturated carbocycles. The molecule has 0 nitrogen and oxygen atoms in total. The Kier molecular flexibility index (Phi) is 4.09. The first-order valence-corrected chi connectivity index (χ1v) is 5.03. The van der Waals surface area contributed by atoms with E-state index in [9.17, 15) is 8.78 Å². The van der Waals surface area contributed by atoms with E-state index < -0.39 is 11.6 Å². The molecule has 70 valence electrons. The van der Waals surface area contributed by atoms with Crippen LogP contribution in [0, 0.1) is 11.6 Å². The highest BCUT2D eigenvalue weighted by Gasteiger charge is 1.96. The van der Waals surface area contributed by atoms with E-state index in [-0.39, 0.29) is 0 Å². The molecule has 1 rings (SSSR count). The molecule has 0 aliphatic rings. The van der Waals surface area contributed by atoms with Crippen LogP contribution in [0.15, 0.2) is 24.3 Å². The maximum atomic E-state index is 12.7. The number of hydrogen-bond acceptors (Lipinski definition) is 0. The zero-order valence-electron chi connectivity index (χ0n) is 6.93. The van der Waals surface area contributed by atoms with Crippen LogP contribution in [-0.2, 0) is 0 Å². The molecule has 0 N–H and O–H groups in total. The lowest BCUT2D eigenvalue weighted by molar-refractivity contribution is 0.583. The SMILES string of the molecule is Fc1cc(F)cc(/C=C/CCBr)c1. The van der Waals surface area contributed by atoms with E-state index in [4.69, 9.17) is 0 Å². The Balaban J connectivity index is 2.77. The minimum absolute atomic E-state index is 0.543. The normalized spacial score (nSPS) is 11.0. The van der Waals surface area contributed by atoms with E-state index in [0.29, 0.717) is 5.56 Å². The molecule has 3 heteroatoms. The minimum atomic E-state index is -0.543. The quantitative estimate of drug-likeness (QED) is 0.713. The van der Waals surface area contributed by atoms with Crippen molar-refractivity contribution < 1.29 is 8.78 Å². The second kappa shape index (κ2) is 5.12. The number of alkyl halides is 1. The van der Waals surface area contributed by atoms with Crippen molar-refractivity contribution in [2.24, 2.45) is 0 Å². The first-order chi connectivity index (χ1) is 6.22. The summed E-state index contributed by atoms with van der Waals surface area (Å²) in [7, 11) is 0. The Morgan fingerprint density at radius 3 is 2.31 bits per heavy atom. The maximum absolute atomic E-state index is 12.7. The van der Waals surface area contributed by atoms with Crippen molar-refractivity contribution in [2.75, 3.05) is 5.33 Å². The van der Waals surface area contributed by atoms with Gasteiger partial charge in [0.1, 0.15) is 11.6 Å². The van der Waals surface area contributed by atoms with Gasteiger partial charge in [-0.2, -0.15) is 0 Å². The summed E-state index contributed by atoms with van der Waals surface area (Å²) in [4.78, 5) is 0. The molecule has 0 aliphatic heterocycles. The van der Waals surface area contributed by atoms with Crippen molar-refractivity contribution in [1.29, 1.82) is 0 Å². The molecule has 0 aromatic heterocycles. The van der Waals surface area contributed by atoms with Gasteiger partial charge in [-0.15, -0.1) is 0 Å². The summed E-state index contributed by atoms with van der Waals surface area (Å²) in [6, 6.07) is 3.46. The first-order valence-electron chi connectivity index (χ1n) is 3.91. The van der Waals surface area contributed by atoms with Crippen LogP contribution in [0.4, 0.5) is 8.78 Å². The lowest BCUT2D eigenvalue weighted by Crippen LogP contribution is -1.81. The second-order valence-electron chi connectivity index (χ2n) is 2.58. The van der Waals surface area contributed by atoms with Crippen molar-refractivity contribution in [3.05, 3.63) is 41.5 Å². The second-order valence-corrected chi connectivity index (χ2v) is 3.38. The van der Waals surface area contributed by atoms with E-state index in [0.717, 1.165) is 17.8 Å². The van der Waals surface area contributed by atoms with Crippen LogP contribution in [0.5, 0.6) is 0 Å². The van der Waals surface area contributed by atoms with Crippen molar-refractivity contribution in [1.82, 2.24) is 0 Å². The predicted molar refractivity (Wildman–Crippen MR) is 53.8 cm³/mol. The predicted octanol–water partition coefficient (Wildman–Crippen LogP) is 3.76. The Labute approximate surface area is 84.4 Å². The van der Waals surface area contributed by atoms with Gasteiger partial charge in [0, 0.05) is 11.4 Å². The molecule has 0 heterocycles. The molecule has 13 heavy (non-hydrogen) atoms. The summed E-state index contributed by atoms with van der Waals surface area (Å²) in [6.07, 6.45) is 4.41. The van der Waals surface area contributed by atoms with Gasteiger partial charge in [-0.3, -0.25) is 0 Å². The van der Waals surface area contributed by atoms with Gasteiger partial charge in [0.05, 0.1) is 0 Å². The maximum Gasteiger partial charge on any atom is 0.126 e. The summed E-state index contributed by atoms with van der Waals surface area (Å²) in [5.74, 6) is -1.09. The molecule has 0 atom stereocenters. The van der Waals surface area contributed by atoms with Gasteiger partial charge in [0.15, 0.2) is 0 Å². The highest BCUT2D eigenvalue weighted by Crippen LogP contribution is 2.09. The van der Waals surface area contributed by atoms with Crippen molar-refractivity contribution in [3.63, 3.8) is 0 Å². The number of allylic oxidation sites excluding steroid dienone is 1. The molecular weight excluding hydrogens is 238 g/mol. The van der Waals surface area contributed by atoms with Crippen molar-refractivity contribution in [2.45, 2.75) is 6.42 Å². The lowest BCUT2D eigenvalue weighted by Gasteiger charge is -1.94. The van der Waals surface area contributed by atoms with Gasteiger partial charge < -0.3 is 0 Å². The van der Waals surface area contributed by atoms with Gasteiger partial charge in [0.2, 0.25) is 0 Å². The average molecular weight is 247 g/mol. The average Bonchev–Trinajstić information content (AvgIpc) is 2.03. The summed E-state index contributed by atoms with van der Waals surface area (Å²) in [6.45, 7) is 0. The van der Waals surface area contributed by atoms with E-state index in [1.807, 2.05) is 6.08 Å². The van der Waals surface area contributed by atoms with Gasteiger partial charge in [-0.25, -0.2) is 8.78 Å². The molecular formula is C10H9BrF2. The van der Waals surface area contributed by atoms with Crippen LogP contribution < -0.4 is 0 Å². The Hall–Kier alpha value is -0.700. The van der Waals surface area contributed by atoms with E-state index in [1.165, 1.54) is 12.1 Å². The highest BCUT2D eigenvalue weighted by atomic mass is 79.9. The summed E-state index contributed by atoms with van der Waals surface area (Å²) in [5.41, 5.74) is 0.554. The van der Waals surface area contributed by atoms with E-state index in [2.05, 4.69) is 15.9 Å². The Morgan fingerprint density at radius 2 is 1.77 bits per heavy atom. The molecule has 0 aliphatic carbocycles. The van der Waals surface area contributed by atoms with Crippen LogP contribution in [0.3, 0.4) is 0 Å². The van der Waals surface area contributed by atoms with Crippen LogP contribution in [-0.4, -0.2) is 5.33 Å². The van der Waals surface area contributed by atoms with Gasteiger partial charge in [-0.1, -0.05) is 28.1 Å². The molecule has 0 amide bonds. The molecule has 0 saturated heterocycles. The van der Waals surface area contributed by atoms with Gasteiger partial charge in [-0.05, 0) is 24.1 Å². The highest BCUT2D eigenvalue weighted by molar-refractivity contribution is 9.09. The number of halogens is 3. The molecule has 0 unspecified atom stereocenters. The zero-order chi connectivity index (χ0) is 9.68. The molecule has 1 aromatic rings. The van der Waals surface area contributed by atoms with Gasteiger partial charge >= 0.3 is 0 Å². The monoisotopic (exact) mass is 246 g/mol. The topological polar surface area (TPSA) is 0 Å². The number of benzene rings is 1. The van der Waals surface area contributed by atoms with Crippen molar-refractivity contribution in [3.8, 4) is 0 Å². The summed E-state index contributed by atoms with van der Waals surface area (Å²) >= 11 is 3.25. The summed E-state index contributed by atoms with van der Waals surface area (Å²) in [5, 5.41) is 0.849. The first kappa shape index (κ1) is 10.4.